The molecule has 1 aliphatic rings. The first-order chi connectivity index (χ1) is 13.4. The molecule has 2 aromatic rings. The fourth-order valence-electron chi connectivity index (χ4n) is 3.07. The van der Waals surface area contributed by atoms with Gasteiger partial charge >= 0.3 is 0 Å². The molecule has 0 spiro atoms. The molecule has 1 N–H and O–H groups in total. The van der Waals surface area contributed by atoms with E-state index in [1.165, 1.54) is 17.0 Å². The molecule has 1 fully saturated rings. The molecule has 2 amide bonds. The summed E-state index contributed by atoms with van der Waals surface area (Å²) in [5.74, 6) is -0.843. The van der Waals surface area contributed by atoms with Gasteiger partial charge in [-0.05, 0) is 61.1 Å². The highest BCUT2D eigenvalue weighted by molar-refractivity contribution is 7.80. The first-order valence-corrected chi connectivity index (χ1v) is 9.59. The van der Waals surface area contributed by atoms with Gasteiger partial charge in [0.2, 0.25) is 5.91 Å². The van der Waals surface area contributed by atoms with E-state index in [1.807, 2.05) is 6.92 Å². The number of amides is 2. The Morgan fingerprint density at radius 3 is 2.43 bits per heavy atom. The van der Waals surface area contributed by atoms with Crippen LogP contribution in [0.5, 0.6) is 0 Å². The van der Waals surface area contributed by atoms with E-state index in [-0.39, 0.29) is 24.1 Å². The van der Waals surface area contributed by atoms with Crippen LogP contribution in [0.3, 0.4) is 0 Å². The van der Waals surface area contributed by atoms with Gasteiger partial charge in [0, 0.05) is 23.8 Å². The van der Waals surface area contributed by atoms with Gasteiger partial charge in [0.1, 0.15) is 11.9 Å². The highest BCUT2D eigenvalue weighted by atomic mass is 35.5. The SMILES string of the molecule is CCN1C(=O)[C@H](CC(=O)Nc2ccc(Cl)cc2)N(Cc2ccc(F)cc2)C1=S. The second-order valence-electron chi connectivity index (χ2n) is 6.39. The predicted molar refractivity (Wildman–Crippen MR) is 110 cm³/mol. The second kappa shape index (κ2) is 8.67. The molecule has 0 aromatic heterocycles. The molecule has 146 valence electrons. The molecule has 28 heavy (non-hydrogen) atoms. The molecule has 1 heterocycles. The summed E-state index contributed by atoms with van der Waals surface area (Å²) in [5, 5.41) is 3.71. The number of benzene rings is 2. The van der Waals surface area contributed by atoms with Crippen LogP contribution in [0.4, 0.5) is 10.1 Å². The lowest BCUT2D eigenvalue weighted by molar-refractivity contribution is -0.130. The molecule has 1 saturated heterocycles. The summed E-state index contributed by atoms with van der Waals surface area (Å²) in [7, 11) is 0. The number of anilines is 1. The van der Waals surface area contributed by atoms with Gasteiger partial charge in [0.15, 0.2) is 5.11 Å². The summed E-state index contributed by atoms with van der Waals surface area (Å²) in [6.45, 7) is 2.57. The fraction of sp³-hybridized carbons (Fsp3) is 0.250. The maximum Gasteiger partial charge on any atom is 0.252 e. The van der Waals surface area contributed by atoms with Crippen molar-refractivity contribution >= 4 is 46.4 Å². The molecule has 0 radical (unpaired) electrons. The lowest BCUT2D eigenvalue weighted by atomic mass is 10.1. The minimum Gasteiger partial charge on any atom is -0.332 e. The van der Waals surface area contributed by atoms with Crippen molar-refractivity contribution in [2.75, 3.05) is 11.9 Å². The Bertz CT molecular complexity index is 889. The van der Waals surface area contributed by atoms with Gasteiger partial charge in [-0.2, -0.15) is 0 Å². The molecule has 0 unspecified atom stereocenters. The monoisotopic (exact) mass is 419 g/mol. The van der Waals surface area contributed by atoms with Crippen LogP contribution in [0.15, 0.2) is 48.5 Å². The van der Waals surface area contributed by atoms with Gasteiger partial charge in [-0.25, -0.2) is 4.39 Å². The maximum absolute atomic E-state index is 13.2. The van der Waals surface area contributed by atoms with E-state index >= 15 is 0 Å². The summed E-state index contributed by atoms with van der Waals surface area (Å²) in [6, 6.07) is 12.0. The topological polar surface area (TPSA) is 52.7 Å². The lowest BCUT2D eigenvalue weighted by Gasteiger charge is -2.24. The number of likely N-dealkylation sites (N-methyl/N-ethyl adjacent to an activating group) is 1. The van der Waals surface area contributed by atoms with E-state index < -0.39 is 6.04 Å². The van der Waals surface area contributed by atoms with Gasteiger partial charge in [0.05, 0.1) is 6.42 Å². The van der Waals surface area contributed by atoms with Gasteiger partial charge in [0.25, 0.3) is 5.91 Å². The summed E-state index contributed by atoms with van der Waals surface area (Å²) >= 11 is 11.3. The first-order valence-electron chi connectivity index (χ1n) is 8.81. The largest absolute Gasteiger partial charge is 0.332 e. The number of nitrogens with zero attached hydrogens (tertiary/aromatic N) is 2. The van der Waals surface area contributed by atoms with E-state index in [4.69, 9.17) is 23.8 Å². The molecule has 0 bridgehead atoms. The average Bonchev–Trinajstić information content (AvgIpc) is 2.89. The number of hydrogen-bond acceptors (Lipinski definition) is 3. The van der Waals surface area contributed by atoms with Crippen LogP contribution < -0.4 is 5.32 Å². The normalized spacial score (nSPS) is 16.6. The van der Waals surface area contributed by atoms with E-state index in [9.17, 15) is 14.0 Å². The Labute approximate surface area is 173 Å². The molecule has 2 aromatic carbocycles. The quantitative estimate of drug-likeness (QED) is 0.723. The molecule has 0 aliphatic carbocycles. The zero-order valence-corrected chi connectivity index (χ0v) is 16.8. The average molecular weight is 420 g/mol. The van der Waals surface area contributed by atoms with Crippen molar-refractivity contribution in [2.45, 2.75) is 25.9 Å². The molecule has 0 saturated carbocycles. The van der Waals surface area contributed by atoms with Gasteiger partial charge < -0.3 is 10.2 Å². The summed E-state index contributed by atoms with van der Waals surface area (Å²) in [4.78, 5) is 28.5. The fourth-order valence-corrected chi connectivity index (χ4v) is 3.61. The number of hydrogen-bond donors (Lipinski definition) is 1. The predicted octanol–water partition coefficient (Wildman–Crippen LogP) is 3.83. The molecule has 5 nitrogen and oxygen atoms in total. The van der Waals surface area contributed by atoms with Crippen LogP contribution in [-0.4, -0.2) is 39.3 Å². The van der Waals surface area contributed by atoms with Crippen LogP contribution in [0.1, 0.15) is 18.9 Å². The van der Waals surface area contributed by atoms with Gasteiger partial charge in [-0.3, -0.25) is 14.5 Å². The van der Waals surface area contributed by atoms with Gasteiger partial charge in [-0.15, -0.1) is 0 Å². The van der Waals surface area contributed by atoms with Crippen LogP contribution in [0.2, 0.25) is 5.02 Å². The van der Waals surface area contributed by atoms with Gasteiger partial charge in [-0.1, -0.05) is 23.7 Å². The molecular formula is C20H19ClFN3O2S. The van der Waals surface area contributed by atoms with Crippen molar-refractivity contribution in [2.24, 2.45) is 0 Å². The van der Waals surface area contributed by atoms with E-state index in [2.05, 4.69) is 5.32 Å². The van der Waals surface area contributed by atoms with Crippen LogP contribution in [-0.2, 0) is 16.1 Å². The van der Waals surface area contributed by atoms with Crippen molar-refractivity contribution in [1.29, 1.82) is 0 Å². The zero-order valence-electron chi connectivity index (χ0n) is 15.2. The van der Waals surface area contributed by atoms with Crippen molar-refractivity contribution in [3.05, 3.63) is 64.9 Å². The van der Waals surface area contributed by atoms with Crippen molar-refractivity contribution in [3.63, 3.8) is 0 Å². The van der Waals surface area contributed by atoms with Crippen molar-refractivity contribution < 1.29 is 14.0 Å². The third-order valence-corrected chi connectivity index (χ3v) is 5.20. The Balaban J connectivity index is 1.75. The van der Waals surface area contributed by atoms with Crippen LogP contribution >= 0.6 is 23.8 Å². The maximum atomic E-state index is 13.2. The van der Waals surface area contributed by atoms with Crippen molar-refractivity contribution in [3.8, 4) is 0 Å². The smallest absolute Gasteiger partial charge is 0.252 e. The molecule has 1 atom stereocenters. The Morgan fingerprint density at radius 1 is 1.18 bits per heavy atom. The minimum atomic E-state index is -0.704. The third-order valence-electron chi connectivity index (χ3n) is 4.49. The molecule has 1 aliphatic heterocycles. The lowest BCUT2D eigenvalue weighted by Crippen LogP contribution is -2.37. The summed E-state index contributed by atoms with van der Waals surface area (Å²) in [6.07, 6.45) is -0.0424. The molecule has 3 rings (SSSR count). The van der Waals surface area contributed by atoms with E-state index in [0.29, 0.717) is 28.9 Å². The van der Waals surface area contributed by atoms with Crippen LogP contribution in [0, 0.1) is 5.82 Å². The number of halogens is 2. The Kier molecular flexibility index (Phi) is 6.26. The summed E-state index contributed by atoms with van der Waals surface area (Å²) in [5.41, 5.74) is 1.40. The highest BCUT2D eigenvalue weighted by Crippen LogP contribution is 2.24. The summed E-state index contributed by atoms with van der Waals surface area (Å²) < 4.78 is 13.2. The zero-order chi connectivity index (χ0) is 20.3. The number of nitrogens with one attached hydrogen (secondary N) is 1. The first kappa shape index (κ1) is 20.2. The Morgan fingerprint density at radius 2 is 1.82 bits per heavy atom. The Hall–Kier alpha value is -2.51. The third kappa shape index (κ3) is 4.48. The number of rotatable bonds is 6. The number of carbonyl (C=O) groups excluding carboxylic acids is 2. The second-order valence-corrected chi connectivity index (χ2v) is 7.20. The number of carbonyl (C=O) groups is 2. The van der Waals surface area contributed by atoms with Crippen LogP contribution in [0.25, 0.3) is 0 Å². The highest BCUT2D eigenvalue weighted by Gasteiger charge is 2.42. The molecule has 8 heteroatoms. The van der Waals surface area contributed by atoms with Crippen molar-refractivity contribution in [1.82, 2.24) is 9.80 Å². The minimum absolute atomic E-state index is 0.0424. The standard InChI is InChI=1S/C20H19ClFN3O2S/c1-2-24-19(27)17(11-18(26)23-16-9-5-14(21)6-10-16)25(20(24)28)12-13-3-7-15(22)8-4-13/h3-10,17H,2,11-12H2,1H3,(H,23,26)/t17-/m0/s1. The molecular weight excluding hydrogens is 401 g/mol. The van der Waals surface area contributed by atoms with E-state index in [1.54, 1.807) is 41.3 Å². The van der Waals surface area contributed by atoms with E-state index in [0.717, 1.165) is 5.56 Å². The number of thiocarbonyl (C=S) groups is 1.